The van der Waals surface area contributed by atoms with Gasteiger partial charge in [-0.3, -0.25) is 9.59 Å². The third-order valence-corrected chi connectivity index (χ3v) is 5.55. The van der Waals surface area contributed by atoms with E-state index in [1.54, 1.807) is 30.3 Å². The lowest BCUT2D eigenvalue weighted by molar-refractivity contribution is 0.0999. The van der Waals surface area contributed by atoms with Crippen molar-refractivity contribution in [1.29, 1.82) is 0 Å². The van der Waals surface area contributed by atoms with Crippen LogP contribution in [-0.4, -0.2) is 27.5 Å². The number of hydrogen-bond donors (Lipinski definition) is 2. The standard InChI is InChI=1S/C23H19ClN4O3S/c1-3-32-23-25-12-16(24)19(28-23)21(29)27-18-15-9-4-5-10-17(15)31-20(18)22(30)26-14-8-6-7-13(2)11-14/h4-12H,3H2,1-2H3,(H,26,30)(H,27,29). The topological polar surface area (TPSA) is 97.1 Å². The van der Waals surface area contributed by atoms with Crippen molar-refractivity contribution in [3.8, 4) is 0 Å². The summed E-state index contributed by atoms with van der Waals surface area (Å²) in [5.74, 6) is -0.322. The molecule has 0 bridgehead atoms. The Kier molecular flexibility index (Phi) is 6.43. The lowest BCUT2D eigenvalue weighted by atomic mass is 10.2. The van der Waals surface area contributed by atoms with Gasteiger partial charge in [-0.25, -0.2) is 9.97 Å². The highest BCUT2D eigenvalue weighted by Crippen LogP contribution is 2.32. The number of furan rings is 1. The largest absolute Gasteiger partial charge is 0.449 e. The van der Waals surface area contributed by atoms with E-state index in [-0.39, 0.29) is 22.2 Å². The Bertz CT molecular complexity index is 1320. The zero-order chi connectivity index (χ0) is 22.7. The van der Waals surface area contributed by atoms with Gasteiger partial charge < -0.3 is 15.1 Å². The van der Waals surface area contributed by atoms with E-state index in [2.05, 4.69) is 20.6 Å². The summed E-state index contributed by atoms with van der Waals surface area (Å²) in [6.45, 7) is 3.89. The number of thioether (sulfide) groups is 1. The van der Waals surface area contributed by atoms with E-state index in [9.17, 15) is 9.59 Å². The second-order valence-electron chi connectivity index (χ2n) is 6.86. The SMILES string of the molecule is CCSc1ncc(Cl)c(C(=O)Nc2c(C(=O)Nc3cccc(C)c3)oc3ccccc23)n1. The van der Waals surface area contributed by atoms with Crippen LogP contribution >= 0.6 is 23.4 Å². The van der Waals surface area contributed by atoms with Gasteiger partial charge in [0.25, 0.3) is 11.8 Å². The fraction of sp³-hybridized carbons (Fsp3) is 0.130. The number of carbonyl (C=O) groups excluding carboxylic acids is 2. The zero-order valence-electron chi connectivity index (χ0n) is 17.3. The van der Waals surface area contributed by atoms with E-state index in [1.807, 2.05) is 32.0 Å². The van der Waals surface area contributed by atoms with Gasteiger partial charge in [0.15, 0.2) is 10.9 Å². The first-order valence-electron chi connectivity index (χ1n) is 9.82. The van der Waals surface area contributed by atoms with Crippen LogP contribution < -0.4 is 10.6 Å². The van der Waals surface area contributed by atoms with E-state index >= 15 is 0 Å². The first-order valence-corrected chi connectivity index (χ1v) is 11.2. The Labute approximate surface area is 193 Å². The highest BCUT2D eigenvalue weighted by atomic mass is 35.5. The van der Waals surface area contributed by atoms with Gasteiger partial charge in [0.2, 0.25) is 5.76 Å². The predicted molar refractivity (Wildman–Crippen MR) is 127 cm³/mol. The fourth-order valence-electron chi connectivity index (χ4n) is 3.12. The number of hydrogen-bond acceptors (Lipinski definition) is 6. The van der Waals surface area contributed by atoms with Gasteiger partial charge in [0.05, 0.1) is 11.2 Å². The average Bonchev–Trinajstić information content (AvgIpc) is 3.14. The van der Waals surface area contributed by atoms with Gasteiger partial charge in [0, 0.05) is 11.1 Å². The Morgan fingerprint density at radius 1 is 1.09 bits per heavy atom. The molecule has 9 heteroatoms. The summed E-state index contributed by atoms with van der Waals surface area (Å²) in [6.07, 6.45) is 1.39. The molecule has 2 aromatic heterocycles. The van der Waals surface area contributed by atoms with Gasteiger partial charge in [0.1, 0.15) is 11.3 Å². The van der Waals surface area contributed by atoms with Crippen LogP contribution in [0, 0.1) is 6.92 Å². The molecule has 2 aromatic carbocycles. The summed E-state index contributed by atoms with van der Waals surface area (Å²) in [6, 6.07) is 14.5. The van der Waals surface area contributed by atoms with Crippen LogP contribution in [0.3, 0.4) is 0 Å². The minimum Gasteiger partial charge on any atom is -0.449 e. The van der Waals surface area contributed by atoms with E-state index in [1.165, 1.54) is 18.0 Å². The normalized spacial score (nSPS) is 10.8. The van der Waals surface area contributed by atoms with Crippen LogP contribution in [-0.2, 0) is 0 Å². The molecule has 0 unspecified atom stereocenters. The Balaban J connectivity index is 1.70. The van der Waals surface area contributed by atoms with Gasteiger partial charge in [-0.15, -0.1) is 0 Å². The van der Waals surface area contributed by atoms with Gasteiger partial charge in [-0.2, -0.15) is 0 Å². The van der Waals surface area contributed by atoms with Crippen LogP contribution in [0.1, 0.15) is 33.5 Å². The molecule has 0 aliphatic carbocycles. The Hall–Kier alpha value is -3.36. The maximum absolute atomic E-state index is 13.0. The molecule has 0 aliphatic heterocycles. The number of anilines is 2. The van der Waals surface area contributed by atoms with Gasteiger partial charge in [-0.1, -0.05) is 54.6 Å². The first kappa shape index (κ1) is 21.9. The van der Waals surface area contributed by atoms with Crippen molar-refractivity contribution >= 4 is 57.5 Å². The number of rotatable bonds is 6. The highest BCUT2D eigenvalue weighted by Gasteiger charge is 2.24. The molecule has 2 amide bonds. The van der Waals surface area contributed by atoms with Crippen molar-refractivity contribution in [3.05, 3.63) is 76.8 Å². The summed E-state index contributed by atoms with van der Waals surface area (Å²) in [4.78, 5) is 34.4. The molecule has 0 fully saturated rings. The van der Waals surface area contributed by atoms with Crippen molar-refractivity contribution < 1.29 is 14.0 Å². The molecule has 0 saturated heterocycles. The molecule has 162 valence electrons. The summed E-state index contributed by atoms with van der Waals surface area (Å²) in [5, 5.41) is 6.71. The molecule has 0 aliphatic rings. The zero-order valence-corrected chi connectivity index (χ0v) is 18.9. The van der Waals surface area contributed by atoms with Crippen molar-refractivity contribution in [1.82, 2.24) is 9.97 Å². The fourth-order valence-corrected chi connectivity index (χ4v) is 3.84. The Morgan fingerprint density at radius 3 is 2.69 bits per heavy atom. The van der Waals surface area contributed by atoms with Crippen molar-refractivity contribution in [3.63, 3.8) is 0 Å². The molecule has 4 aromatic rings. The number of nitrogens with zero attached hydrogens (tertiary/aromatic N) is 2. The van der Waals surface area contributed by atoms with E-state index < -0.39 is 11.8 Å². The lowest BCUT2D eigenvalue weighted by Gasteiger charge is -2.09. The molecule has 0 saturated carbocycles. The molecular weight excluding hydrogens is 448 g/mol. The van der Waals surface area contributed by atoms with Crippen molar-refractivity contribution in [2.75, 3.05) is 16.4 Å². The highest BCUT2D eigenvalue weighted by molar-refractivity contribution is 7.99. The molecule has 0 atom stereocenters. The lowest BCUT2D eigenvalue weighted by Crippen LogP contribution is -2.19. The van der Waals surface area contributed by atoms with Crippen LogP contribution in [0.15, 0.2) is 64.3 Å². The van der Waals surface area contributed by atoms with Gasteiger partial charge >= 0.3 is 0 Å². The van der Waals surface area contributed by atoms with Crippen LogP contribution in [0.4, 0.5) is 11.4 Å². The molecular formula is C23H19ClN4O3S. The van der Waals surface area contributed by atoms with Crippen LogP contribution in [0.2, 0.25) is 5.02 Å². The molecule has 7 nitrogen and oxygen atoms in total. The quantitative estimate of drug-likeness (QED) is 0.275. The van der Waals surface area contributed by atoms with Crippen molar-refractivity contribution in [2.24, 2.45) is 0 Å². The molecule has 2 heterocycles. The summed E-state index contributed by atoms with van der Waals surface area (Å²) >= 11 is 7.57. The van der Waals surface area contributed by atoms with Crippen LogP contribution in [0.5, 0.6) is 0 Å². The predicted octanol–water partition coefficient (Wildman–Crippen LogP) is 5.80. The van der Waals surface area contributed by atoms with E-state index in [4.69, 9.17) is 16.0 Å². The van der Waals surface area contributed by atoms with E-state index in [0.717, 1.165) is 11.3 Å². The second kappa shape index (κ2) is 9.42. The van der Waals surface area contributed by atoms with Crippen molar-refractivity contribution in [2.45, 2.75) is 19.0 Å². The maximum atomic E-state index is 13.0. The first-order chi connectivity index (χ1) is 15.5. The number of aromatic nitrogens is 2. The summed E-state index contributed by atoms with van der Waals surface area (Å²) in [5.41, 5.74) is 2.35. The minimum atomic E-state index is -0.563. The number of nitrogens with one attached hydrogen (secondary N) is 2. The second-order valence-corrected chi connectivity index (χ2v) is 8.50. The molecule has 0 radical (unpaired) electrons. The average molecular weight is 467 g/mol. The third-order valence-electron chi connectivity index (χ3n) is 4.53. The number of halogens is 1. The minimum absolute atomic E-state index is 0.0191. The molecule has 32 heavy (non-hydrogen) atoms. The smallest absolute Gasteiger partial charge is 0.293 e. The molecule has 2 N–H and O–H groups in total. The number of benzene rings is 2. The third kappa shape index (κ3) is 4.61. The number of amides is 2. The van der Waals surface area contributed by atoms with Gasteiger partial charge in [-0.05, 0) is 42.5 Å². The summed E-state index contributed by atoms with van der Waals surface area (Å²) in [7, 11) is 0. The molecule has 4 rings (SSSR count). The van der Waals surface area contributed by atoms with E-state index in [0.29, 0.717) is 21.8 Å². The number of fused-ring (bicyclic) bond motifs is 1. The van der Waals surface area contributed by atoms with Crippen LogP contribution in [0.25, 0.3) is 11.0 Å². The number of carbonyl (C=O) groups is 2. The summed E-state index contributed by atoms with van der Waals surface area (Å²) < 4.78 is 5.80. The Morgan fingerprint density at radius 2 is 1.91 bits per heavy atom. The monoisotopic (exact) mass is 466 g/mol. The molecule has 0 spiro atoms. The maximum Gasteiger partial charge on any atom is 0.293 e. The number of aryl methyl sites for hydroxylation is 1. The number of para-hydroxylation sites is 1.